The zero-order chi connectivity index (χ0) is 24.6. The van der Waals surface area contributed by atoms with E-state index in [0.717, 1.165) is 11.0 Å². The number of Topliss-reactive ketones (excluding diaryl/α,β-unsaturated/α-hetero) is 1. The Morgan fingerprint density at radius 2 is 1.71 bits per heavy atom. The molecule has 1 N–H and O–H groups in total. The van der Waals surface area contributed by atoms with Gasteiger partial charge in [0.05, 0.1) is 36.4 Å². The second-order valence-electron chi connectivity index (χ2n) is 7.39. The molecule has 0 radical (unpaired) electrons. The van der Waals surface area contributed by atoms with Gasteiger partial charge in [0, 0.05) is 10.7 Å². The molecule has 3 aromatic rings. The monoisotopic (exact) mass is 501 g/mol. The van der Waals surface area contributed by atoms with Gasteiger partial charge in [-0.1, -0.05) is 41.4 Å². The fourth-order valence-corrected chi connectivity index (χ4v) is 4.49. The van der Waals surface area contributed by atoms with Crippen LogP contribution in [0.1, 0.15) is 17.2 Å². The number of ether oxygens (including phenoxy) is 2. The number of carbonyl (C=O) groups is 2. The molecule has 0 spiro atoms. The molecule has 6 nitrogen and oxygen atoms in total. The average Bonchev–Trinajstić information content (AvgIpc) is 3.08. The van der Waals surface area contributed by atoms with Crippen molar-refractivity contribution in [1.82, 2.24) is 0 Å². The van der Waals surface area contributed by atoms with E-state index in [1.807, 2.05) is 0 Å². The Bertz CT molecular complexity index is 1320. The number of methoxy groups -OCH3 is 2. The quantitative estimate of drug-likeness (QED) is 0.272. The van der Waals surface area contributed by atoms with Gasteiger partial charge < -0.3 is 14.6 Å². The van der Waals surface area contributed by atoms with Crippen molar-refractivity contribution < 1.29 is 28.6 Å². The maximum Gasteiger partial charge on any atom is 0.300 e. The van der Waals surface area contributed by atoms with Crippen LogP contribution < -0.4 is 14.4 Å². The van der Waals surface area contributed by atoms with Gasteiger partial charge in [-0.05, 0) is 48.0 Å². The minimum absolute atomic E-state index is 0.0377. The smallest absolute Gasteiger partial charge is 0.300 e. The van der Waals surface area contributed by atoms with Gasteiger partial charge in [-0.3, -0.25) is 14.5 Å². The van der Waals surface area contributed by atoms with E-state index in [0.29, 0.717) is 11.3 Å². The lowest BCUT2D eigenvalue weighted by Crippen LogP contribution is -2.29. The number of hydrogen-bond donors (Lipinski definition) is 1. The van der Waals surface area contributed by atoms with E-state index in [1.54, 1.807) is 24.3 Å². The first-order valence-corrected chi connectivity index (χ1v) is 10.8. The zero-order valence-electron chi connectivity index (χ0n) is 18.0. The van der Waals surface area contributed by atoms with E-state index in [2.05, 4.69) is 0 Å². The summed E-state index contributed by atoms with van der Waals surface area (Å²) in [6.07, 6.45) is 0. The number of benzene rings is 3. The summed E-state index contributed by atoms with van der Waals surface area (Å²) in [5, 5.41) is 11.6. The number of aliphatic hydroxyl groups excluding tert-OH is 1. The third-order valence-electron chi connectivity index (χ3n) is 5.43. The highest BCUT2D eigenvalue weighted by atomic mass is 35.5. The highest BCUT2D eigenvalue weighted by Crippen LogP contribution is 2.45. The summed E-state index contributed by atoms with van der Waals surface area (Å²) in [7, 11) is 2.85. The fraction of sp³-hybridized carbons (Fsp3) is 0.120. The molecule has 0 aromatic heterocycles. The van der Waals surface area contributed by atoms with E-state index >= 15 is 0 Å². The van der Waals surface area contributed by atoms with E-state index in [-0.39, 0.29) is 32.6 Å². The Hall–Kier alpha value is -3.55. The van der Waals surface area contributed by atoms with Gasteiger partial charge in [-0.25, -0.2) is 4.39 Å². The first-order chi connectivity index (χ1) is 16.3. The summed E-state index contributed by atoms with van der Waals surface area (Å²) in [4.78, 5) is 27.5. The molecule has 1 aliphatic rings. The minimum atomic E-state index is -1.07. The Morgan fingerprint density at radius 1 is 1.00 bits per heavy atom. The first kappa shape index (κ1) is 23.6. The molecule has 4 rings (SSSR count). The summed E-state index contributed by atoms with van der Waals surface area (Å²) >= 11 is 12.4. The van der Waals surface area contributed by atoms with Crippen LogP contribution in [0.3, 0.4) is 0 Å². The van der Waals surface area contributed by atoms with Crippen molar-refractivity contribution in [3.05, 3.63) is 93.2 Å². The fourth-order valence-electron chi connectivity index (χ4n) is 3.92. The van der Waals surface area contributed by atoms with Crippen molar-refractivity contribution in [2.45, 2.75) is 6.04 Å². The number of hydrogen-bond acceptors (Lipinski definition) is 5. The summed E-state index contributed by atoms with van der Waals surface area (Å²) in [5.41, 5.74) is 0.447. The second-order valence-corrected chi connectivity index (χ2v) is 8.23. The van der Waals surface area contributed by atoms with Crippen LogP contribution >= 0.6 is 23.2 Å². The molecule has 9 heteroatoms. The molecule has 1 fully saturated rings. The van der Waals surface area contributed by atoms with Crippen molar-refractivity contribution in [1.29, 1.82) is 0 Å². The van der Waals surface area contributed by atoms with Crippen molar-refractivity contribution in [2.24, 2.45) is 0 Å². The van der Waals surface area contributed by atoms with Crippen molar-refractivity contribution in [3.8, 4) is 11.5 Å². The standard InChI is InChI=1S/C25H18Cl2FNO5/c1-33-17-8-6-13(7-9-17)21-20(22(30)18-10-14(26)11-19(27)24(18)34-2)23(31)25(32)29(21)16-5-3-4-15(28)12-16/h3-12,21,30H,1-2H3/b22-20+. The van der Waals surface area contributed by atoms with Crippen LogP contribution in [0.25, 0.3) is 5.76 Å². The average molecular weight is 502 g/mol. The van der Waals surface area contributed by atoms with Crippen LogP contribution in [-0.2, 0) is 9.59 Å². The van der Waals surface area contributed by atoms with E-state index in [4.69, 9.17) is 32.7 Å². The normalized spacial score (nSPS) is 17.2. The molecule has 174 valence electrons. The molecule has 1 heterocycles. The summed E-state index contributed by atoms with van der Waals surface area (Å²) in [6, 6.07) is 13.6. The van der Waals surface area contributed by atoms with Gasteiger partial charge in [0.15, 0.2) is 0 Å². The molecular weight excluding hydrogens is 484 g/mol. The maximum atomic E-state index is 14.0. The molecule has 3 aromatic carbocycles. The third-order valence-corrected chi connectivity index (χ3v) is 5.93. The van der Waals surface area contributed by atoms with Gasteiger partial charge in [-0.15, -0.1) is 0 Å². The van der Waals surface area contributed by atoms with Gasteiger partial charge in [0.2, 0.25) is 0 Å². The molecule has 1 aliphatic heterocycles. The lowest BCUT2D eigenvalue weighted by Gasteiger charge is -2.25. The molecule has 1 saturated heterocycles. The topological polar surface area (TPSA) is 76.1 Å². The lowest BCUT2D eigenvalue weighted by atomic mass is 9.94. The van der Waals surface area contributed by atoms with E-state index < -0.39 is 29.3 Å². The van der Waals surface area contributed by atoms with Crippen LogP contribution in [0.2, 0.25) is 10.0 Å². The molecular formula is C25H18Cl2FNO5. The molecule has 0 bridgehead atoms. The van der Waals surface area contributed by atoms with Crippen LogP contribution in [0.4, 0.5) is 10.1 Å². The molecule has 1 unspecified atom stereocenters. The van der Waals surface area contributed by atoms with Gasteiger partial charge >= 0.3 is 0 Å². The number of aliphatic hydroxyl groups is 1. The maximum absolute atomic E-state index is 14.0. The highest BCUT2D eigenvalue weighted by molar-refractivity contribution is 6.51. The van der Waals surface area contributed by atoms with Crippen LogP contribution in [-0.4, -0.2) is 31.0 Å². The van der Waals surface area contributed by atoms with Crippen molar-refractivity contribution in [2.75, 3.05) is 19.1 Å². The van der Waals surface area contributed by atoms with Gasteiger partial charge in [0.1, 0.15) is 23.1 Å². The van der Waals surface area contributed by atoms with E-state index in [9.17, 15) is 19.1 Å². The van der Waals surface area contributed by atoms with E-state index in [1.165, 1.54) is 44.6 Å². The number of nitrogens with zero attached hydrogens (tertiary/aromatic N) is 1. The Balaban J connectivity index is 2.00. The molecule has 1 amide bonds. The first-order valence-electron chi connectivity index (χ1n) is 10.0. The summed E-state index contributed by atoms with van der Waals surface area (Å²) in [5.74, 6) is -2.37. The minimum Gasteiger partial charge on any atom is -0.507 e. The number of anilines is 1. The number of amides is 1. The number of rotatable bonds is 5. The highest BCUT2D eigenvalue weighted by Gasteiger charge is 2.47. The largest absolute Gasteiger partial charge is 0.507 e. The third kappa shape index (κ3) is 4.08. The predicted octanol–water partition coefficient (Wildman–Crippen LogP) is 5.78. The molecule has 0 aliphatic carbocycles. The van der Waals surface area contributed by atoms with Gasteiger partial charge in [-0.2, -0.15) is 0 Å². The Morgan fingerprint density at radius 3 is 2.32 bits per heavy atom. The number of carbonyl (C=O) groups excluding carboxylic acids is 2. The summed E-state index contributed by atoms with van der Waals surface area (Å²) < 4.78 is 24.5. The Kier molecular flexibility index (Phi) is 6.50. The molecule has 34 heavy (non-hydrogen) atoms. The number of halogens is 3. The SMILES string of the molecule is COc1ccc(C2/C(=C(\O)c3cc(Cl)cc(Cl)c3OC)C(=O)C(=O)N2c2cccc(F)c2)cc1. The number of ketones is 1. The lowest BCUT2D eigenvalue weighted by molar-refractivity contribution is -0.132. The van der Waals surface area contributed by atoms with Crippen LogP contribution in [0.5, 0.6) is 11.5 Å². The van der Waals surface area contributed by atoms with Crippen LogP contribution in [0.15, 0.2) is 66.2 Å². The Labute approximate surface area is 204 Å². The zero-order valence-corrected chi connectivity index (χ0v) is 19.5. The molecule has 0 saturated carbocycles. The van der Waals surface area contributed by atoms with Crippen LogP contribution in [0, 0.1) is 5.82 Å². The van der Waals surface area contributed by atoms with Gasteiger partial charge in [0.25, 0.3) is 11.7 Å². The van der Waals surface area contributed by atoms with Crippen molar-refractivity contribution in [3.63, 3.8) is 0 Å². The predicted molar refractivity (Wildman–Crippen MR) is 127 cm³/mol. The van der Waals surface area contributed by atoms with Crippen molar-refractivity contribution >= 4 is 46.3 Å². The summed E-state index contributed by atoms with van der Waals surface area (Å²) in [6.45, 7) is 0. The second kappa shape index (κ2) is 9.37. The molecule has 1 atom stereocenters.